The van der Waals surface area contributed by atoms with E-state index in [2.05, 4.69) is 5.32 Å². The minimum atomic E-state index is -0.269. The van der Waals surface area contributed by atoms with Crippen LogP contribution < -0.4 is 5.32 Å². The van der Waals surface area contributed by atoms with Crippen molar-refractivity contribution in [2.75, 3.05) is 7.05 Å². The third-order valence-corrected chi connectivity index (χ3v) is 3.60. The molecule has 0 fully saturated rings. The van der Waals surface area contributed by atoms with Gasteiger partial charge in [-0.25, -0.2) is 4.39 Å². The van der Waals surface area contributed by atoms with Gasteiger partial charge in [0.05, 0.1) is 0 Å². The van der Waals surface area contributed by atoms with Crippen molar-refractivity contribution < 1.29 is 8.81 Å². The van der Waals surface area contributed by atoms with Crippen LogP contribution >= 0.6 is 11.6 Å². The number of aryl methyl sites for hydroxylation is 2. The zero-order valence-corrected chi connectivity index (χ0v) is 12.0. The van der Waals surface area contributed by atoms with Gasteiger partial charge in [0.2, 0.25) is 0 Å². The van der Waals surface area contributed by atoms with Gasteiger partial charge in [-0.3, -0.25) is 0 Å². The Morgan fingerprint density at radius 1 is 1.32 bits per heavy atom. The van der Waals surface area contributed by atoms with Gasteiger partial charge in [-0.2, -0.15) is 0 Å². The summed E-state index contributed by atoms with van der Waals surface area (Å²) in [6.07, 6.45) is 0.618. The van der Waals surface area contributed by atoms with E-state index >= 15 is 0 Å². The van der Waals surface area contributed by atoms with Gasteiger partial charge in [0.25, 0.3) is 0 Å². The van der Waals surface area contributed by atoms with Crippen LogP contribution in [0.15, 0.2) is 28.7 Å². The van der Waals surface area contributed by atoms with E-state index in [0.717, 1.165) is 22.6 Å². The van der Waals surface area contributed by atoms with Crippen molar-refractivity contribution in [3.05, 3.63) is 57.8 Å². The van der Waals surface area contributed by atoms with Gasteiger partial charge in [0, 0.05) is 16.6 Å². The number of hydrogen-bond acceptors (Lipinski definition) is 2. The zero-order valence-electron chi connectivity index (χ0n) is 11.3. The molecule has 2 rings (SSSR count). The van der Waals surface area contributed by atoms with E-state index in [1.165, 1.54) is 12.1 Å². The maximum Gasteiger partial charge on any atom is 0.123 e. The van der Waals surface area contributed by atoms with E-state index in [-0.39, 0.29) is 11.9 Å². The summed E-state index contributed by atoms with van der Waals surface area (Å²) < 4.78 is 18.8. The summed E-state index contributed by atoms with van der Waals surface area (Å²) >= 11 is 6.11. The molecule has 102 valence electrons. The first-order valence-corrected chi connectivity index (χ1v) is 6.57. The van der Waals surface area contributed by atoms with E-state index in [4.69, 9.17) is 16.0 Å². The van der Waals surface area contributed by atoms with Crippen molar-refractivity contribution >= 4 is 11.6 Å². The smallest absolute Gasteiger partial charge is 0.123 e. The standard InChI is InChI=1S/C15H17ClFNO/c1-9-6-13(10(2)19-9)15(18-3)8-11-7-12(17)4-5-14(11)16/h4-7,15,18H,8H2,1-3H3. The number of benzene rings is 1. The summed E-state index contributed by atoms with van der Waals surface area (Å²) in [5.41, 5.74) is 1.87. The van der Waals surface area contributed by atoms with Gasteiger partial charge in [-0.15, -0.1) is 0 Å². The molecule has 2 nitrogen and oxygen atoms in total. The fraction of sp³-hybridized carbons (Fsp3) is 0.333. The Hall–Kier alpha value is -1.32. The highest BCUT2D eigenvalue weighted by atomic mass is 35.5. The SMILES string of the molecule is CNC(Cc1cc(F)ccc1Cl)c1cc(C)oc1C. The fourth-order valence-electron chi connectivity index (χ4n) is 2.28. The third kappa shape index (κ3) is 3.17. The number of hydrogen-bond donors (Lipinski definition) is 1. The molecule has 0 spiro atoms. The molecule has 19 heavy (non-hydrogen) atoms. The molecule has 0 saturated carbocycles. The number of nitrogens with one attached hydrogen (secondary N) is 1. The molecular formula is C15H17ClFNO. The monoisotopic (exact) mass is 281 g/mol. The Morgan fingerprint density at radius 3 is 2.63 bits per heavy atom. The van der Waals surface area contributed by atoms with Crippen molar-refractivity contribution in [3.63, 3.8) is 0 Å². The van der Waals surface area contributed by atoms with Crippen molar-refractivity contribution in [3.8, 4) is 0 Å². The lowest BCUT2D eigenvalue weighted by molar-refractivity contribution is 0.490. The molecular weight excluding hydrogens is 265 g/mol. The first-order chi connectivity index (χ1) is 9.01. The molecule has 0 aliphatic rings. The van der Waals surface area contributed by atoms with Gasteiger partial charge >= 0.3 is 0 Å². The minimum absolute atomic E-state index is 0.0525. The number of halogens is 2. The predicted molar refractivity (Wildman–Crippen MR) is 75.1 cm³/mol. The van der Waals surface area contributed by atoms with Gasteiger partial charge in [0.1, 0.15) is 17.3 Å². The van der Waals surface area contributed by atoms with Crippen molar-refractivity contribution in [2.45, 2.75) is 26.3 Å². The highest BCUT2D eigenvalue weighted by Crippen LogP contribution is 2.27. The minimum Gasteiger partial charge on any atom is -0.466 e. The zero-order chi connectivity index (χ0) is 14.0. The number of likely N-dealkylation sites (N-methyl/N-ethyl adjacent to an activating group) is 1. The molecule has 2 aromatic rings. The lowest BCUT2D eigenvalue weighted by Gasteiger charge is -2.16. The summed E-state index contributed by atoms with van der Waals surface area (Å²) in [5, 5.41) is 3.81. The van der Waals surface area contributed by atoms with E-state index in [0.29, 0.717) is 11.4 Å². The topological polar surface area (TPSA) is 25.2 Å². The van der Waals surface area contributed by atoms with E-state index in [9.17, 15) is 4.39 Å². The summed E-state index contributed by atoms with van der Waals surface area (Å²) in [7, 11) is 1.87. The largest absolute Gasteiger partial charge is 0.466 e. The highest BCUT2D eigenvalue weighted by molar-refractivity contribution is 6.31. The Morgan fingerprint density at radius 2 is 2.05 bits per heavy atom. The second-order valence-electron chi connectivity index (χ2n) is 4.65. The van der Waals surface area contributed by atoms with E-state index in [1.54, 1.807) is 6.07 Å². The Kier molecular flexibility index (Phi) is 4.27. The van der Waals surface area contributed by atoms with Crippen LogP contribution in [0.3, 0.4) is 0 Å². The van der Waals surface area contributed by atoms with Crippen molar-refractivity contribution in [1.29, 1.82) is 0 Å². The molecule has 4 heteroatoms. The van der Waals surface area contributed by atoms with Crippen LogP contribution in [0.5, 0.6) is 0 Å². The van der Waals surface area contributed by atoms with Crippen LogP contribution in [0, 0.1) is 19.7 Å². The van der Waals surface area contributed by atoms with Crippen LogP contribution in [0.2, 0.25) is 5.02 Å². The molecule has 1 heterocycles. The maximum atomic E-state index is 13.3. The molecule has 0 bridgehead atoms. The van der Waals surface area contributed by atoms with Crippen LogP contribution in [0.1, 0.15) is 28.7 Å². The summed E-state index contributed by atoms with van der Waals surface area (Å²) in [6, 6.07) is 6.50. The van der Waals surface area contributed by atoms with E-state index in [1.807, 2.05) is 27.0 Å². The Labute approximate surface area is 117 Å². The molecule has 0 aliphatic carbocycles. The first-order valence-electron chi connectivity index (χ1n) is 6.19. The van der Waals surface area contributed by atoms with Gasteiger partial charge < -0.3 is 9.73 Å². The second kappa shape index (κ2) is 5.76. The molecule has 1 atom stereocenters. The average Bonchev–Trinajstić information content (AvgIpc) is 2.69. The van der Waals surface area contributed by atoms with Crippen LogP contribution in [0.4, 0.5) is 4.39 Å². The first kappa shape index (κ1) is 14.1. The third-order valence-electron chi connectivity index (χ3n) is 3.24. The average molecular weight is 282 g/mol. The van der Waals surface area contributed by atoms with Crippen LogP contribution in [0.25, 0.3) is 0 Å². The number of furan rings is 1. The van der Waals surface area contributed by atoms with Crippen LogP contribution in [-0.4, -0.2) is 7.05 Å². The van der Waals surface area contributed by atoms with Gasteiger partial charge in [0.15, 0.2) is 0 Å². The second-order valence-corrected chi connectivity index (χ2v) is 5.06. The van der Waals surface area contributed by atoms with Crippen molar-refractivity contribution in [1.82, 2.24) is 5.32 Å². The molecule has 0 radical (unpaired) electrons. The Bertz CT molecular complexity index is 580. The highest BCUT2D eigenvalue weighted by Gasteiger charge is 2.17. The lowest BCUT2D eigenvalue weighted by Crippen LogP contribution is -2.19. The summed E-state index contributed by atoms with van der Waals surface area (Å²) in [4.78, 5) is 0. The van der Waals surface area contributed by atoms with Crippen LogP contribution in [-0.2, 0) is 6.42 Å². The molecule has 1 aromatic carbocycles. The molecule has 0 saturated heterocycles. The normalized spacial score (nSPS) is 12.7. The molecule has 1 unspecified atom stereocenters. The maximum absolute atomic E-state index is 13.3. The van der Waals surface area contributed by atoms with Gasteiger partial charge in [-0.05, 0) is 57.1 Å². The summed E-state index contributed by atoms with van der Waals surface area (Å²) in [6.45, 7) is 3.85. The molecule has 0 amide bonds. The Balaban J connectivity index is 2.29. The predicted octanol–water partition coefficient (Wildman–Crippen LogP) is 4.19. The van der Waals surface area contributed by atoms with Crippen molar-refractivity contribution in [2.24, 2.45) is 0 Å². The summed E-state index contributed by atoms with van der Waals surface area (Å²) in [5.74, 6) is 1.48. The lowest BCUT2D eigenvalue weighted by atomic mass is 9.99. The van der Waals surface area contributed by atoms with Gasteiger partial charge in [-0.1, -0.05) is 11.6 Å². The molecule has 1 N–H and O–H groups in total. The quantitative estimate of drug-likeness (QED) is 0.909. The van der Waals surface area contributed by atoms with E-state index < -0.39 is 0 Å². The number of rotatable bonds is 4. The molecule has 1 aromatic heterocycles. The molecule has 0 aliphatic heterocycles. The fourth-order valence-corrected chi connectivity index (χ4v) is 2.48.